The minimum Gasteiger partial charge on any atom is -1.00 e. The number of ketones is 1. The van der Waals surface area contributed by atoms with E-state index in [2.05, 4.69) is 102 Å². The zero-order valence-electron chi connectivity index (χ0n) is 25.9. The van der Waals surface area contributed by atoms with E-state index in [9.17, 15) is 9.59 Å². The maximum absolute atomic E-state index is 14.4. The summed E-state index contributed by atoms with van der Waals surface area (Å²) < 4.78 is 5.55. The van der Waals surface area contributed by atoms with E-state index in [-0.39, 0.29) is 35.3 Å². The number of aromatic nitrogens is 1. The highest BCUT2D eigenvalue weighted by Gasteiger charge is 2.46. The Bertz CT molecular complexity index is 1920. The second-order valence-corrected chi connectivity index (χ2v) is 15.8. The third-order valence-electron chi connectivity index (χ3n) is 8.32. The largest absolute Gasteiger partial charge is 1.00 e. The standard InChI is InChI=1S/C40H31N2O3PS.BrH/c43-37-27-45-36-24-23-30(26-35(36)42-37)38(44)39(29-14-5-1-6-15-29)47-40-31(16-13-25-41-40)28-46(32-17-7-2-8-18-32,33-19-9-3-10-20-33)34-21-11-4-12-22-34;/h1-26,39H,27-28H2;1H. The number of nitrogens with one attached hydrogen (secondary N) is 1. The molecule has 5 nitrogen and oxygen atoms in total. The molecule has 1 atom stereocenters. The molecule has 8 heteroatoms. The number of hydrogen-bond acceptors (Lipinski definition) is 5. The summed E-state index contributed by atoms with van der Waals surface area (Å²) >= 11 is 1.47. The molecular weight excluding hydrogens is 699 g/mol. The van der Waals surface area contributed by atoms with E-state index < -0.39 is 12.5 Å². The maximum atomic E-state index is 14.4. The molecule has 2 heterocycles. The van der Waals surface area contributed by atoms with Crippen LogP contribution >= 0.6 is 19.0 Å². The Morgan fingerprint density at radius 1 is 0.750 bits per heavy atom. The first-order chi connectivity index (χ1) is 23.1. The molecule has 5 aromatic carbocycles. The molecule has 0 aliphatic carbocycles. The van der Waals surface area contributed by atoms with Crippen LogP contribution < -0.4 is 42.9 Å². The number of nitrogens with zero attached hydrogens (tertiary/aromatic N) is 1. The summed E-state index contributed by atoms with van der Waals surface area (Å²) in [6, 6.07) is 51.5. The summed E-state index contributed by atoms with van der Waals surface area (Å²) in [6.07, 6.45) is 2.54. The van der Waals surface area contributed by atoms with Gasteiger partial charge in [-0.05, 0) is 66.2 Å². The van der Waals surface area contributed by atoms with Gasteiger partial charge in [-0.25, -0.2) is 4.98 Å². The lowest BCUT2D eigenvalue weighted by Crippen LogP contribution is -3.00. The van der Waals surface area contributed by atoms with Gasteiger partial charge in [-0.2, -0.15) is 0 Å². The molecule has 1 aliphatic rings. The summed E-state index contributed by atoms with van der Waals surface area (Å²) in [5, 5.41) is 6.93. The Hall–Kier alpha value is -4.55. The van der Waals surface area contributed by atoms with Crippen LogP contribution in [0.3, 0.4) is 0 Å². The number of halogens is 1. The van der Waals surface area contributed by atoms with Gasteiger partial charge in [-0.3, -0.25) is 9.59 Å². The van der Waals surface area contributed by atoms with E-state index in [4.69, 9.17) is 9.72 Å². The average Bonchev–Trinajstić information content (AvgIpc) is 3.14. The Morgan fingerprint density at radius 3 is 1.90 bits per heavy atom. The number of rotatable bonds is 10. The summed E-state index contributed by atoms with van der Waals surface area (Å²) in [4.78, 5) is 31.3. The van der Waals surface area contributed by atoms with E-state index in [1.807, 2.05) is 36.4 Å². The number of carbonyl (C=O) groups excluding carboxylic acids is 2. The summed E-state index contributed by atoms with van der Waals surface area (Å²) in [5.74, 6) is 0.243. The number of anilines is 1. The van der Waals surface area contributed by atoms with Gasteiger partial charge in [0, 0.05) is 17.3 Å². The highest BCUT2D eigenvalue weighted by atomic mass is 79.9. The van der Waals surface area contributed by atoms with Crippen LogP contribution in [0.4, 0.5) is 5.69 Å². The van der Waals surface area contributed by atoms with Gasteiger partial charge in [0.1, 0.15) is 40.1 Å². The molecule has 0 saturated carbocycles. The van der Waals surface area contributed by atoms with Gasteiger partial charge in [0.15, 0.2) is 12.4 Å². The molecule has 0 spiro atoms. The smallest absolute Gasteiger partial charge is 0.262 e. The number of benzene rings is 5. The molecule has 48 heavy (non-hydrogen) atoms. The molecule has 7 rings (SSSR count). The summed E-state index contributed by atoms with van der Waals surface area (Å²) in [5.41, 5.74) is 2.97. The van der Waals surface area contributed by atoms with Gasteiger partial charge in [-0.15, -0.1) is 0 Å². The summed E-state index contributed by atoms with van der Waals surface area (Å²) in [7, 11) is -2.21. The first kappa shape index (κ1) is 33.4. The normalized spacial score (nSPS) is 12.9. The van der Waals surface area contributed by atoms with Crippen LogP contribution in [0, 0.1) is 0 Å². The number of ether oxygens (including phenoxy) is 1. The van der Waals surface area contributed by atoms with Crippen molar-refractivity contribution in [1.29, 1.82) is 0 Å². The molecule has 0 saturated heterocycles. The van der Waals surface area contributed by atoms with Crippen molar-refractivity contribution in [2.24, 2.45) is 0 Å². The van der Waals surface area contributed by atoms with Crippen molar-refractivity contribution >= 4 is 52.3 Å². The quantitative estimate of drug-likeness (QED) is 0.127. The van der Waals surface area contributed by atoms with E-state index >= 15 is 0 Å². The molecule has 0 fully saturated rings. The zero-order chi connectivity index (χ0) is 32.1. The van der Waals surface area contributed by atoms with Gasteiger partial charge >= 0.3 is 0 Å². The SMILES string of the molecule is O=C1COc2ccc(C(=O)C(Sc3ncccc3C[P+](c3ccccc3)(c3ccccc3)c3ccccc3)c3ccccc3)cc2N1.[Br-]. The monoisotopic (exact) mass is 730 g/mol. The van der Waals surface area contributed by atoms with Crippen molar-refractivity contribution in [2.75, 3.05) is 11.9 Å². The lowest BCUT2D eigenvalue weighted by Gasteiger charge is -2.28. The number of amides is 1. The molecule has 6 aromatic rings. The van der Waals surface area contributed by atoms with Crippen LogP contribution in [-0.2, 0) is 11.0 Å². The Kier molecular flexibility index (Phi) is 10.5. The number of pyridine rings is 1. The highest BCUT2D eigenvalue weighted by Crippen LogP contribution is 2.59. The Labute approximate surface area is 295 Å². The van der Waals surface area contributed by atoms with Crippen molar-refractivity contribution in [3.63, 3.8) is 0 Å². The van der Waals surface area contributed by atoms with Crippen molar-refractivity contribution in [3.8, 4) is 5.75 Å². The fourth-order valence-corrected chi connectivity index (χ4v) is 11.6. The molecule has 0 bridgehead atoms. The second kappa shape index (κ2) is 15.1. The van der Waals surface area contributed by atoms with Crippen LogP contribution in [0.1, 0.15) is 26.7 Å². The fourth-order valence-electron chi connectivity index (χ4n) is 6.07. The van der Waals surface area contributed by atoms with Crippen molar-refractivity contribution < 1.29 is 31.3 Å². The third kappa shape index (κ3) is 6.86. The van der Waals surface area contributed by atoms with Crippen molar-refractivity contribution in [3.05, 3.63) is 175 Å². The van der Waals surface area contributed by atoms with Crippen molar-refractivity contribution in [2.45, 2.75) is 16.4 Å². The Balaban J connectivity index is 0.00000401. The first-order valence-corrected chi connectivity index (χ1v) is 18.3. The van der Waals surface area contributed by atoms with Gasteiger partial charge in [0.2, 0.25) is 0 Å². The number of Topliss-reactive ketones (excluding diaryl/α,β-unsaturated/α-hetero) is 1. The maximum Gasteiger partial charge on any atom is 0.262 e. The molecule has 1 aromatic heterocycles. The molecule has 1 amide bonds. The van der Waals surface area contributed by atoms with Gasteiger partial charge < -0.3 is 27.0 Å². The van der Waals surface area contributed by atoms with E-state index in [0.717, 1.165) is 22.3 Å². The molecular formula is C40H32BrN2O3PS. The number of hydrogen-bond donors (Lipinski definition) is 1. The van der Waals surface area contributed by atoms with Crippen LogP contribution in [0.5, 0.6) is 5.75 Å². The molecule has 1 N–H and O–H groups in total. The lowest BCUT2D eigenvalue weighted by atomic mass is 10.0. The molecule has 1 unspecified atom stereocenters. The van der Waals surface area contributed by atoms with Crippen LogP contribution in [0.25, 0.3) is 0 Å². The minimum atomic E-state index is -2.21. The van der Waals surface area contributed by atoms with Crippen molar-refractivity contribution in [1.82, 2.24) is 4.98 Å². The lowest BCUT2D eigenvalue weighted by molar-refractivity contribution is -0.118. The fraction of sp³-hybridized carbons (Fsp3) is 0.0750. The minimum absolute atomic E-state index is 0. The molecule has 0 radical (unpaired) electrons. The van der Waals surface area contributed by atoms with Crippen LogP contribution in [0.15, 0.2) is 163 Å². The van der Waals surface area contributed by atoms with Crippen LogP contribution in [-0.4, -0.2) is 23.3 Å². The predicted octanol–water partition coefficient (Wildman–Crippen LogP) is 4.63. The first-order valence-electron chi connectivity index (χ1n) is 15.4. The van der Waals surface area contributed by atoms with E-state index in [1.165, 1.54) is 27.7 Å². The van der Waals surface area contributed by atoms with Gasteiger partial charge in [0.05, 0.1) is 10.9 Å². The molecule has 238 valence electrons. The summed E-state index contributed by atoms with van der Waals surface area (Å²) in [6.45, 7) is -0.0374. The third-order valence-corrected chi connectivity index (χ3v) is 14.0. The Morgan fingerprint density at radius 2 is 1.31 bits per heavy atom. The van der Waals surface area contributed by atoms with Gasteiger partial charge in [-0.1, -0.05) is 103 Å². The van der Waals surface area contributed by atoms with Crippen LogP contribution in [0.2, 0.25) is 0 Å². The number of carbonyl (C=O) groups is 2. The van der Waals surface area contributed by atoms with Gasteiger partial charge in [0.25, 0.3) is 5.91 Å². The van der Waals surface area contributed by atoms with E-state index in [1.54, 1.807) is 24.4 Å². The zero-order valence-corrected chi connectivity index (χ0v) is 29.2. The molecule has 1 aliphatic heterocycles. The second-order valence-electron chi connectivity index (χ2n) is 11.3. The topological polar surface area (TPSA) is 68.3 Å². The van der Waals surface area contributed by atoms with E-state index in [0.29, 0.717) is 17.0 Å². The average molecular weight is 732 g/mol. The highest BCUT2D eigenvalue weighted by molar-refractivity contribution is 8.00. The number of thioether (sulfide) groups is 1. The predicted molar refractivity (Wildman–Crippen MR) is 193 cm³/mol. The number of fused-ring (bicyclic) bond motifs is 1.